The molecule has 0 saturated carbocycles. The first kappa shape index (κ1) is 14.4. The van der Waals surface area contributed by atoms with Crippen molar-refractivity contribution in [1.29, 1.82) is 0 Å². The van der Waals surface area contributed by atoms with Crippen molar-refractivity contribution in [3.05, 3.63) is 18.6 Å². The topological polar surface area (TPSA) is 79.7 Å². The van der Waals surface area contributed by atoms with Crippen molar-refractivity contribution < 1.29 is 0 Å². The van der Waals surface area contributed by atoms with Crippen LogP contribution in [0.3, 0.4) is 0 Å². The first-order chi connectivity index (χ1) is 9.76. The number of hydrogen-bond donors (Lipinski definition) is 1. The summed E-state index contributed by atoms with van der Waals surface area (Å²) >= 11 is 1.39. The summed E-state index contributed by atoms with van der Waals surface area (Å²) in [6.45, 7) is 5.84. The molecule has 20 heavy (non-hydrogen) atoms. The van der Waals surface area contributed by atoms with Gasteiger partial charge in [0.1, 0.15) is 11.4 Å². The molecule has 1 N–H and O–H groups in total. The van der Waals surface area contributed by atoms with Crippen LogP contribution in [0.5, 0.6) is 0 Å². The fourth-order valence-electron chi connectivity index (χ4n) is 1.58. The van der Waals surface area contributed by atoms with Gasteiger partial charge in [0.05, 0.1) is 0 Å². The van der Waals surface area contributed by atoms with Crippen LogP contribution in [0.25, 0.3) is 0 Å². The lowest BCUT2D eigenvalue weighted by molar-refractivity contribution is 0.784. The molecule has 2 rings (SSSR count). The van der Waals surface area contributed by atoms with Crippen LogP contribution in [0.4, 0.5) is 11.9 Å². The number of aromatic nitrogens is 5. The zero-order valence-corrected chi connectivity index (χ0v) is 12.6. The fraction of sp³-hybridized carbons (Fsp3) is 0.417. The lowest BCUT2D eigenvalue weighted by Crippen LogP contribution is -2.25. The molecule has 2 aromatic rings. The summed E-state index contributed by atoms with van der Waals surface area (Å²) in [5, 5.41) is 4.38. The van der Waals surface area contributed by atoms with Crippen molar-refractivity contribution in [2.75, 3.05) is 30.4 Å². The second kappa shape index (κ2) is 6.99. The Kier molecular flexibility index (Phi) is 5.05. The van der Waals surface area contributed by atoms with Gasteiger partial charge in [-0.1, -0.05) is 0 Å². The van der Waals surface area contributed by atoms with E-state index in [1.54, 1.807) is 13.2 Å². The van der Waals surface area contributed by atoms with E-state index in [1.165, 1.54) is 18.1 Å². The van der Waals surface area contributed by atoms with Gasteiger partial charge in [0, 0.05) is 26.3 Å². The molecule has 0 aliphatic rings. The van der Waals surface area contributed by atoms with Gasteiger partial charge in [-0.25, -0.2) is 9.97 Å². The molecule has 2 heterocycles. The van der Waals surface area contributed by atoms with E-state index in [0.717, 1.165) is 18.1 Å². The molecule has 0 bridgehead atoms. The highest BCUT2D eigenvalue weighted by atomic mass is 32.2. The molecule has 0 aliphatic carbocycles. The molecule has 0 amide bonds. The van der Waals surface area contributed by atoms with Crippen molar-refractivity contribution in [3.63, 3.8) is 0 Å². The van der Waals surface area contributed by atoms with Crippen LogP contribution in [0.1, 0.15) is 13.8 Å². The minimum absolute atomic E-state index is 0.554. The molecule has 0 unspecified atom stereocenters. The predicted octanol–water partition coefficient (Wildman–Crippen LogP) is 1.70. The minimum atomic E-state index is 0.554. The summed E-state index contributed by atoms with van der Waals surface area (Å²) < 4.78 is 0. The number of nitrogens with one attached hydrogen (secondary N) is 1. The van der Waals surface area contributed by atoms with Gasteiger partial charge in [-0.2, -0.15) is 15.0 Å². The number of hydrogen-bond acceptors (Lipinski definition) is 8. The standard InChI is InChI=1S/C12H17N7S/c1-4-19(5-2)11-16-10(13-3)17-12(18-11)20-9-6-7-14-8-15-9/h6-8H,4-5H2,1-3H3,(H,13,16,17,18). The van der Waals surface area contributed by atoms with Gasteiger partial charge < -0.3 is 10.2 Å². The van der Waals surface area contributed by atoms with E-state index in [9.17, 15) is 0 Å². The smallest absolute Gasteiger partial charge is 0.231 e. The molecule has 8 heteroatoms. The summed E-state index contributed by atoms with van der Waals surface area (Å²) in [6.07, 6.45) is 3.20. The van der Waals surface area contributed by atoms with E-state index < -0.39 is 0 Å². The molecular weight excluding hydrogens is 274 g/mol. The normalized spacial score (nSPS) is 10.3. The molecular formula is C12H17N7S. The van der Waals surface area contributed by atoms with Gasteiger partial charge in [-0.05, 0) is 31.7 Å². The minimum Gasteiger partial charge on any atom is -0.357 e. The van der Waals surface area contributed by atoms with E-state index in [-0.39, 0.29) is 0 Å². The SMILES string of the molecule is CCN(CC)c1nc(NC)nc(Sc2ccncn2)n1. The second-order valence-corrected chi connectivity index (χ2v) is 4.80. The summed E-state index contributed by atoms with van der Waals surface area (Å²) in [5.74, 6) is 1.23. The van der Waals surface area contributed by atoms with Crippen LogP contribution in [-0.2, 0) is 0 Å². The van der Waals surface area contributed by atoms with Crippen molar-refractivity contribution >= 4 is 23.7 Å². The summed E-state index contributed by atoms with van der Waals surface area (Å²) in [4.78, 5) is 23.3. The Balaban J connectivity index is 2.30. The Morgan fingerprint density at radius 1 is 1.20 bits per heavy atom. The third-order valence-electron chi connectivity index (χ3n) is 2.62. The first-order valence-corrected chi connectivity index (χ1v) is 7.21. The largest absolute Gasteiger partial charge is 0.357 e. The van der Waals surface area contributed by atoms with Crippen LogP contribution in [0.2, 0.25) is 0 Å². The Morgan fingerprint density at radius 3 is 2.60 bits per heavy atom. The van der Waals surface area contributed by atoms with Crippen molar-refractivity contribution in [2.45, 2.75) is 24.0 Å². The first-order valence-electron chi connectivity index (χ1n) is 6.39. The summed E-state index contributed by atoms with van der Waals surface area (Å²) in [6, 6.07) is 1.82. The fourth-order valence-corrected chi connectivity index (χ4v) is 2.26. The van der Waals surface area contributed by atoms with E-state index >= 15 is 0 Å². The maximum absolute atomic E-state index is 4.48. The zero-order chi connectivity index (χ0) is 14.4. The molecule has 0 saturated heterocycles. The molecule has 7 nitrogen and oxygen atoms in total. The molecule has 0 radical (unpaired) electrons. The Morgan fingerprint density at radius 2 is 2.00 bits per heavy atom. The number of rotatable bonds is 6. The quantitative estimate of drug-likeness (QED) is 0.806. The Labute approximate surface area is 122 Å². The van der Waals surface area contributed by atoms with Crippen LogP contribution < -0.4 is 10.2 Å². The van der Waals surface area contributed by atoms with Crippen molar-refractivity contribution in [2.24, 2.45) is 0 Å². The average Bonchev–Trinajstić information content (AvgIpc) is 2.49. The van der Waals surface area contributed by atoms with Gasteiger partial charge in [0.15, 0.2) is 0 Å². The molecule has 0 spiro atoms. The summed E-state index contributed by atoms with van der Waals surface area (Å²) in [5.41, 5.74) is 0. The van der Waals surface area contributed by atoms with Crippen LogP contribution in [0, 0.1) is 0 Å². The third-order valence-corrected chi connectivity index (χ3v) is 3.44. The van der Waals surface area contributed by atoms with Crippen LogP contribution >= 0.6 is 11.8 Å². The number of nitrogens with zero attached hydrogens (tertiary/aromatic N) is 6. The van der Waals surface area contributed by atoms with Gasteiger partial charge in [-0.15, -0.1) is 0 Å². The monoisotopic (exact) mass is 291 g/mol. The third kappa shape index (κ3) is 3.53. The highest BCUT2D eigenvalue weighted by Crippen LogP contribution is 2.24. The van der Waals surface area contributed by atoms with E-state index in [0.29, 0.717) is 17.1 Å². The Bertz CT molecular complexity index is 545. The second-order valence-electron chi connectivity index (χ2n) is 3.81. The highest BCUT2D eigenvalue weighted by molar-refractivity contribution is 7.99. The van der Waals surface area contributed by atoms with E-state index in [1.807, 2.05) is 6.07 Å². The maximum atomic E-state index is 4.48. The molecule has 0 aromatic carbocycles. The zero-order valence-electron chi connectivity index (χ0n) is 11.7. The molecule has 0 fully saturated rings. The van der Waals surface area contributed by atoms with Gasteiger partial charge in [-0.3, -0.25) is 0 Å². The highest BCUT2D eigenvalue weighted by Gasteiger charge is 2.11. The lowest BCUT2D eigenvalue weighted by atomic mass is 10.5. The van der Waals surface area contributed by atoms with Crippen LogP contribution in [0.15, 0.2) is 28.8 Å². The molecule has 2 aromatic heterocycles. The molecule has 0 aliphatic heterocycles. The Hall–Kier alpha value is -1.96. The van der Waals surface area contributed by atoms with Gasteiger partial charge in [0.2, 0.25) is 17.1 Å². The van der Waals surface area contributed by atoms with Crippen molar-refractivity contribution in [3.8, 4) is 0 Å². The summed E-state index contributed by atoms with van der Waals surface area (Å²) in [7, 11) is 1.79. The van der Waals surface area contributed by atoms with Gasteiger partial charge in [0.25, 0.3) is 0 Å². The molecule has 106 valence electrons. The number of anilines is 2. The van der Waals surface area contributed by atoms with Crippen molar-refractivity contribution in [1.82, 2.24) is 24.9 Å². The lowest BCUT2D eigenvalue weighted by Gasteiger charge is -2.19. The molecule has 0 atom stereocenters. The maximum Gasteiger partial charge on any atom is 0.231 e. The predicted molar refractivity (Wildman–Crippen MR) is 79.1 cm³/mol. The van der Waals surface area contributed by atoms with E-state index in [2.05, 4.69) is 49.0 Å². The van der Waals surface area contributed by atoms with Gasteiger partial charge >= 0.3 is 0 Å². The average molecular weight is 291 g/mol. The van der Waals surface area contributed by atoms with Crippen LogP contribution in [-0.4, -0.2) is 45.1 Å². The van der Waals surface area contributed by atoms with E-state index in [4.69, 9.17) is 0 Å².